The van der Waals surface area contributed by atoms with E-state index in [0.717, 1.165) is 25.9 Å². The molecule has 2 aliphatic rings. The summed E-state index contributed by atoms with van der Waals surface area (Å²) in [6.07, 6.45) is 2.27. The molecule has 0 N–H and O–H groups in total. The van der Waals surface area contributed by atoms with E-state index in [1.54, 1.807) is 0 Å². The molecule has 2 aromatic carbocycles. The monoisotopic (exact) mass is 276 g/mol. The van der Waals surface area contributed by atoms with Crippen molar-refractivity contribution in [1.82, 2.24) is 4.90 Å². The van der Waals surface area contributed by atoms with Crippen molar-refractivity contribution in [2.24, 2.45) is 4.99 Å². The minimum Gasteiger partial charge on any atom is -0.348 e. The summed E-state index contributed by atoms with van der Waals surface area (Å²) in [4.78, 5) is 7.09. The number of aryl methyl sites for hydroxylation is 2. The topological polar surface area (TPSA) is 15.6 Å². The maximum absolute atomic E-state index is 4.61. The molecule has 1 heterocycles. The third kappa shape index (κ3) is 2.06. The van der Waals surface area contributed by atoms with Gasteiger partial charge in [-0.1, -0.05) is 48.5 Å². The Labute approximate surface area is 126 Å². The zero-order chi connectivity index (χ0) is 14.2. The van der Waals surface area contributed by atoms with E-state index in [1.807, 2.05) is 0 Å². The van der Waals surface area contributed by atoms with Crippen LogP contribution in [-0.4, -0.2) is 23.8 Å². The van der Waals surface area contributed by atoms with E-state index in [-0.39, 0.29) is 0 Å². The Morgan fingerprint density at radius 1 is 0.905 bits per heavy atom. The summed E-state index contributed by atoms with van der Waals surface area (Å²) in [5, 5.41) is 0. The first-order valence-electron chi connectivity index (χ1n) is 7.78. The highest BCUT2D eigenvalue weighted by atomic mass is 15.3. The first kappa shape index (κ1) is 12.6. The van der Waals surface area contributed by atoms with Crippen molar-refractivity contribution in [3.63, 3.8) is 0 Å². The van der Waals surface area contributed by atoms with Crippen LogP contribution in [0.1, 0.15) is 35.2 Å². The van der Waals surface area contributed by atoms with E-state index in [9.17, 15) is 0 Å². The summed E-state index contributed by atoms with van der Waals surface area (Å²) in [5.74, 6) is 1.17. The molecule has 1 aliphatic carbocycles. The van der Waals surface area contributed by atoms with Crippen LogP contribution in [0.2, 0.25) is 0 Å². The zero-order valence-electron chi connectivity index (χ0n) is 12.4. The van der Waals surface area contributed by atoms with E-state index in [0.29, 0.717) is 6.04 Å². The van der Waals surface area contributed by atoms with Crippen LogP contribution in [0.25, 0.3) is 0 Å². The van der Waals surface area contributed by atoms with Crippen molar-refractivity contribution >= 4 is 5.84 Å². The highest BCUT2D eigenvalue weighted by Gasteiger charge is 2.30. The molecule has 0 aromatic heterocycles. The van der Waals surface area contributed by atoms with E-state index < -0.39 is 0 Å². The van der Waals surface area contributed by atoms with Crippen LogP contribution < -0.4 is 0 Å². The second kappa shape index (κ2) is 5.03. The van der Waals surface area contributed by atoms with Crippen LogP contribution >= 0.6 is 0 Å². The highest BCUT2D eigenvalue weighted by molar-refractivity contribution is 5.82. The highest BCUT2D eigenvalue weighted by Crippen LogP contribution is 2.37. The van der Waals surface area contributed by atoms with Crippen LogP contribution in [0.15, 0.2) is 53.5 Å². The predicted molar refractivity (Wildman–Crippen MR) is 86.8 cm³/mol. The van der Waals surface area contributed by atoms with Gasteiger partial charge >= 0.3 is 0 Å². The van der Waals surface area contributed by atoms with E-state index in [2.05, 4.69) is 65.3 Å². The molecule has 0 bridgehead atoms. The standard InChI is InChI=1S/C19H20N2/c1-14-20-12-13-21(14)19-17-8-4-2-6-15(17)10-11-16-7-3-5-9-18(16)19/h2-9,19H,10-13H2,1H3. The van der Waals surface area contributed by atoms with Gasteiger partial charge in [0.05, 0.1) is 18.4 Å². The lowest BCUT2D eigenvalue weighted by atomic mass is 9.93. The fraction of sp³-hybridized carbons (Fsp3) is 0.316. The SMILES string of the molecule is CC1=NCCN1C1c2ccccc2CCc2ccccc21. The number of amidine groups is 1. The van der Waals surface area contributed by atoms with Crippen molar-refractivity contribution in [3.05, 3.63) is 70.8 Å². The first-order chi connectivity index (χ1) is 10.3. The van der Waals surface area contributed by atoms with Crippen LogP contribution in [-0.2, 0) is 12.8 Å². The number of benzene rings is 2. The lowest BCUT2D eigenvalue weighted by Gasteiger charge is -2.31. The molecule has 0 radical (unpaired) electrons. The Morgan fingerprint density at radius 3 is 2.00 bits per heavy atom. The molecule has 0 saturated carbocycles. The normalized spacial score (nSPS) is 18.0. The molecule has 106 valence electrons. The summed E-state index contributed by atoms with van der Waals surface area (Å²) in [6.45, 7) is 4.09. The maximum atomic E-state index is 4.61. The van der Waals surface area contributed by atoms with Crippen LogP contribution in [0.4, 0.5) is 0 Å². The summed E-state index contributed by atoms with van der Waals surface area (Å²) in [7, 11) is 0. The molecule has 0 atom stereocenters. The molecule has 0 spiro atoms. The van der Waals surface area contributed by atoms with E-state index in [4.69, 9.17) is 0 Å². The molecule has 2 nitrogen and oxygen atoms in total. The van der Waals surface area contributed by atoms with Crippen LogP contribution in [0, 0.1) is 0 Å². The quantitative estimate of drug-likeness (QED) is 0.777. The Balaban J connectivity index is 1.92. The third-order valence-corrected chi connectivity index (χ3v) is 4.77. The summed E-state index contributed by atoms with van der Waals surface area (Å²) in [5.41, 5.74) is 5.88. The molecule has 4 rings (SSSR count). The minimum absolute atomic E-state index is 0.325. The molecular formula is C19H20N2. The number of rotatable bonds is 1. The first-order valence-corrected chi connectivity index (χ1v) is 7.78. The number of hydrogen-bond acceptors (Lipinski definition) is 2. The molecule has 2 heteroatoms. The minimum atomic E-state index is 0.325. The molecule has 0 unspecified atom stereocenters. The number of fused-ring (bicyclic) bond motifs is 2. The number of aliphatic imine (C=N–C) groups is 1. The van der Waals surface area contributed by atoms with Crippen molar-refractivity contribution in [2.45, 2.75) is 25.8 Å². The molecular weight excluding hydrogens is 256 g/mol. The smallest absolute Gasteiger partial charge is 0.0966 e. The van der Waals surface area contributed by atoms with Gasteiger partial charge in [-0.25, -0.2) is 0 Å². The molecule has 21 heavy (non-hydrogen) atoms. The zero-order valence-corrected chi connectivity index (χ0v) is 12.4. The Kier molecular flexibility index (Phi) is 3.03. The number of nitrogens with zero attached hydrogens (tertiary/aromatic N) is 2. The van der Waals surface area contributed by atoms with Crippen molar-refractivity contribution in [3.8, 4) is 0 Å². The Morgan fingerprint density at radius 2 is 1.48 bits per heavy atom. The van der Waals surface area contributed by atoms with Gasteiger partial charge < -0.3 is 4.90 Å². The predicted octanol–water partition coefficient (Wildman–Crippen LogP) is 3.61. The molecule has 2 aromatic rings. The second-order valence-corrected chi connectivity index (χ2v) is 5.92. The van der Waals surface area contributed by atoms with Crippen LogP contribution in [0.5, 0.6) is 0 Å². The summed E-state index contributed by atoms with van der Waals surface area (Å²) < 4.78 is 0. The van der Waals surface area contributed by atoms with Crippen molar-refractivity contribution in [1.29, 1.82) is 0 Å². The molecule has 0 saturated heterocycles. The van der Waals surface area contributed by atoms with Crippen molar-refractivity contribution in [2.75, 3.05) is 13.1 Å². The van der Waals surface area contributed by atoms with Gasteiger partial charge in [0.1, 0.15) is 0 Å². The average molecular weight is 276 g/mol. The van der Waals surface area contributed by atoms with Crippen LogP contribution in [0.3, 0.4) is 0 Å². The fourth-order valence-electron chi connectivity index (χ4n) is 3.72. The molecule has 1 aliphatic heterocycles. The van der Waals surface area contributed by atoms with Gasteiger partial charge in [-0.3, -0.25) is 4.99 Å². The van der Waals surface area contributed by atoms with Crippen molar-refractivity contribution < 1.29 is 0 Å². The van der Waals surface area contributed by atoms with Gasteiger partial charge in [0.25, 0.3) is 0 Å². The lowest BCUT2D eigenvalue weighted by molar-refractivity contribution is 0.386. The van der Waals surface area contributed by atoms with E-state index in [1.165, 1.54) is 28.1 Å². The van der Waals surface area contributed by atoms with Gasteiger partial charge in [-0.05, 0) is 42.0 Å². The maximum Gasteiger partial charge on any atom is 0.0966 e. The lowest BCUT2D eigenvalue weighted by Crippen LogP contribution is -2.32. The summed E-state index contributed by atoms with van der Waals surface area (Å²) in [6, 6.07) is 18.2. The summed E-state index contributed by atoms with van der Waals surface area (Å²) >= 11 is 0. The van der Waals surface area contributed by atoms with Gasteiger partial charge in [-0.15, -0.1) is 0 Å². The van der Waals surface area contributed by atoms with Gasteiger partial charge in [0.2, 0.25) is 0 Å². The molecule has 0 amide bonds. The van der Waals surface area contributed by atoms with Gasteiger partial charge in [0.15, 0.2) is 0 Å². The van der Waals surface area contributed by atoms with E-state index >= 15 is 0 Å². The fourth-order valence-corrected chi connectivity index (χ4v) is 3.72. The second-order valence-electron chi connectivity index (χ2n) is 5.92. The molecule has 0 fully saturated rings. The van der Waals surface area contributed by atoms with Gasteiger partial charge in [-0.2, -0.15) is 0 Å². The average Bonchev–Trinajstić information content (AvgIpc) is 2.86. The number of hydrogen-bond donors (Lipinski definition) is 0. The third-order valence-electron chi connectivity index (χ3n) is 4.77. The van der Waals surface area contributed by atoms with Gasteiger partial charge in [0, 0.05) is 6.54 Å². The largest absolute Gasteiger partial charge is 0.348 e. The Bertz CT molecular complexity index is 655. The Hall–Kier alpha value is -2.09.